The van der Waals surface area contributed by atoms with Crippen LogP contribution < -0.4 is 5.32 Å². The van der Waals surface area contributed by atoms with E-state index >= 15 is 0 Å². The minimum atomic E-state index is -0.390. The van der Waals surface area contributed by atoms with Crippen molar-refractivity contribution < 1.29 is 9.53 Å². The zero-order valence-corrected chi connectivity index (χ0v) is 13.8. The topological polar surface area (TPSA) is 38.3 Å². The number of nitrogens with one attached hydrogen (secondary N) is 1. The molecule has 1 N–H and O–H groups in total. The van der Waals surface area contributed by atoms with Crippen molar-refractivity contribution in [3.8, 4) is 0 Å². The van der Waals surface area contributed by atoms with Gasteiger partial charge in [0.15, 0.2) is 0 Å². The van der Waals surface area contributed by atoms with Gasteiger partial charge in [0.1, 0.15) is 6.10 Å². The summed E-state index contributed by atoms with van der Waals surface area (Å²) in [4.78, 5) is 12.1. The summed E-state index contributed by atoms with van der Waals surface area (Å²) in [6, 6.07) is 10.1. The lowest BCUT2D eigenvalue weighted by molar-refractivity contribution is 0.0534. The van der Waals surface area contributed by atoms with E-state index in [4.69, 9.17) is 4.74 Å². The molecule has 0 bridgehead atoms. The lowest BCUT2D eigenvalue weighted by Gasteiger charge is -2.34. The highest BCUT2D eigenvalue weighted by atomic mass is 16.6. The first-order valence-electron chi connectivity index (χ1n) is 7.32. The third-order valence-electron chi connectivity index (χ3n) is 3.43. The van der Waals surface area contributed by atoms with Gasteiger partial charge < -0.3 is 10.1 Å². The molecule has 1 amide bonds. The first-order chi connectivity index (χ1) is 9.66. The zero-order chi connectivity index (χ0) is 16.1. The van der Waals surface area contributed by atoms with Gasteiger partial charge in [-0.15, -0.1) is 6.58 Å². The first-order valence-corrected chi connectivity index (χ1v) is 7.32. The van der Waals surface area contributed by atoms with E-state index in [0.717, 1.165) is 5.56 Å². The number of amides is 1. The van der Waals surface area contributed by atoms with Gasteiger partial charge in [0.05, 0.1) is 0 Å². The predicted molar refractivity (Wildman–Crippen MR) is 87.4 cm³/mol. The molecular formula is C18H27NO2. The summed E-state index contributed by atoms with van der Waals surface area (Å²) in [6.07, 6.45) is 1.75. The van der Waals surface area contributed by atoms with Crippen LogP contribution >= 0.6 is 0 Å². The molecule has 0 fully saturated rings. The molecule has 1 atom stereocenters. The number of alkyl carbamates (subject to hydrolysis) is 1. The largest absolute Gasteiger partial charge is 0.445 e. The van der Waals surface area contributed by atoms with Crippen LogP contribution in [0.1, 0.15) is 46.6 Å². The van der Waals surface area contributed by atoms with E-state index in [0.29, 0.717) is 6.42 Å². The van der Waals surface area contributed by atoms with Gasteiger partial charge in [-0.2, -0.15) is 0 Å². The minimum absolute atomic E-state index is 0.264. The molecule has 3 heteroatoms. The summed E-state index contributed by atoms with van der Waals surface area (Å²) in [6.45, 7) is 13.7. The Bertz CT molecular complexity index is 472. The van der Waals surface area contributed by atoms with Crippen LogP contribution in [-0.4, -0.2) is 17.7 Å². The number of hydrogen-bond acceptors (Lipinski definition) is 2. The van der Waals surface area contributed by atoms with Gasteiger partial charge in [-0.25, -0.2) is 4.79 Å². The van der Waals surface area contributed by atoms with Gasteiger partial charge in [0.2, 0.25) is 0 Å². The Hall–Kier alpha value is -1.77. The Labute approximate surface area is 128 Å². The van der Waals surface area contributed by atoms with Gasteiger partial charge in [-0.05, 0) is 26.3 Å². The summed E-state index contributed by atoms with van der Waals surface area (Å²) in [5.41, 5.74) is 0.539. The maximum Gasteiger partial charge on any atom is 0.407 e. The molecule has 1 rings (SSSR count). The Balaban J connectivity index is 2.90. The van der Waals surface area contributed by atoms with Crippen LogP contribution in [0.3, 0.4) is 0 Å². The third-order valence-corrected chi connectivity index (χ3v) is 3.43. The van der Waals surface area contributed by atoms with Gasteiger partial charge >= 0.3 is 6.09 Å². The molecule has 0 aliphatic heterocycles. The Morgan fingerprint density at radius 3 is 2.29 bits per heavy atom. The number of hydrogen-bond donors (Lipinski definition) is 1. The minimum Gasteiger partial charge on any atom is -0.445 e. The number of rotatable bonds is 5. The number of carbonyl (C=O) groups is 1. The van der Waals surface area contributed by atoms with Crippen molar-refractivity contribution in [2.75, 3.05) is 0 Å². The highest BCUT2D eigenvalue weighted by molar-refractivity contribution is 5.68. The quantitative estimate of drug-likeness (QED) is 0.814. The maximum atomic E-state index is 12.1. The molecule has 0 aromatic heterocycles. The molecule has 1 aromatic rings. The van der Waals surface area contributed by atoms with E-state index in [1.807, 2.05) is 39.0 Å². The summed E-state index contributed by atoms with van der Waals surface area (Å²) in [5, 5.41) is 2.84. The predicted octanol–water partition coefficient (Wildman–Crippen LogP) is 4.43. The number of carbonyl (C=O) groups excluding carboxylic acids is 1. The van der Waals surface area contributed by atoms with Gasteiger partial charge in [0.25, 0.3) is 0 Å². The second-order valence-corrected chi connectivity index (χ2v) is 6.88. The second kappa shape index (κ2) is 6.79. The summed E-state index contributed by atoms with van der Waals surface area (Å²) in [5.74, 6) is 0. The van der Waals surface area contributed by atoms with Crippen LogP contribution in [0.4, 0.5) is 4.79 Å². The average molecular weight is 289 g/mol. The van der Waals surface area contributed by atoms with Crippen molar-refractivity contribution in [1.29, 1.82) is 0 Å². The van der Waals surface area contributed by atoms with Crippen LogP contribution in [-0.2, 0) is 10.2 Å². The molecule has 3 nitrogen and oxygen atoms in total. The molecule has 0 radical (unpaired) electrons. The fraction of sp³-hybridized carbons (Fsp3) is 0.500. The molecule has 1 unspecified atom stereocenters. The normalized spacial score (nSPS) is 13.4. The van der Waals surface area contributed by atoms with Gasteiger partial charge in [0, 0.05) is 17.4 Å². The molecule has 0 spiro atoms. The standard InChI is InChI=1S/C18H27NO2/c1-7-11-15(21-16(20)19-17(2,3)4)18(5,6)14-12-9-8-10-13-14/h7-10,12-13,15H,1,11H2,2-6H3,(H,19,20). The number of benzene rings is 1. The van der Waals surface area contributed by atoms with Crippen LogP contribution in [0.5, 0.6) is 0 Å². The van der Waals surface area contributed by atoms with Crippen LogP contribution in [0, 0.1) is 0 Å². The van der Waals surface area contributed by atoms with Crippen LogP contribution in [0.25, 0.3) is 0 Å². The van der Waals surface area contributed by atoms with E-state index in [-0.39, 0.29) is 17.1 Å². The summed E-state index contributed by atoms with van der Waals surface area (Å²) < 4.78 is 5.66. The van der Waals surface area contributed by atoms with Crippen molar-refractivity contribution in [1.82, 2.24) is 5.32 Å². The maximum absolute atomic E-state index is 12.1. The average Bonchev–Trinajstić information content (AvgIpc) is 2.37. The third kappa shape index (κ3) is 5.25. The Morgan fingerprint density at radius 1 is 1.24 bits per heavy atom. The highest BCUT2D eigenvalue weighted by Crippen LogP contribution is 2.31. The lowest BCUT2D eigenvalue weighted by atomic mass is 9.78. The van der Waals surface area contributed by atoms with Crippen molar-refractivity contribution >= 4 is 6.09 Å². The van der Waals surface area contributed by atoms with Crippen LogP contribution in [0.2, 0.25) is 0 Å². The van der Waals surface area contributed by atoms with E-state index < -0.39 is 6.09 Å². The SMILES string of the molecule is C=CCC(OC(=O)NC(C)(C)C)C(C)(C)c1ccccc1. The van der Waals surface area contributed by atoms with E-state index in [1.54, 1.807) is 6.08 Å². The molecule has 0 aliphatic carbocycles. The first kappa shape index (κ1) is 17.3. The Morgan fingerprint density at radius 2 is 1.81 bits per heavy atom. The van der Waals surface area contributed by atoms with E-state index in [2.05, 4.69) is 37.9 Å². The molecule has 21 heavy (non-hydrogen) atoms. The van der Waals surface area contributed by atoms with Crippen molar-refractivity contribution in [3.63, 3.8) is 0 Å². The molecule has 0 aliphatic rings. The second-order valence-electron chi connectivity index (χ2n) is 6.88. The molecule has 0 heterocycles. The summed E-state index contributed by atoms with van der Waals surface area (Å²) >= 11 is 0. The molecule has 1 aromatic carbocycles. The van der Waals surface area contributed by atoms with E-state index in [1.165, 1.54) is 0 Å². The fourth-order valence-corrected chi connectivity index (χ4v) is 2.16. The highest BCUT2D eigenvalue weighted by Gasteiger charge is 2.34. The smallest absolute Gasteiger partial charge is 0.407 e. The summed E-state index contributed by atoms with van der Waals surface area (Å²) in [7, 11) is 0. The monoisotopic (exact) mass is 289 g/mol. The van der Waals surface area contributed by atoms with E-state index in [9.17, 15) is 4.79 Å². The molecule has 0 saturated heterocycles. The number of ether oxygens (including phenoxy) is 1. The van der Waals surface area contributed by atoms with Crippen molar-refractivity contribution in [3.05, 3.63) is 48.6 Å². The molecule has 116 valence electrons. The fourth-order valence-electron chi connectivity index (χ4n) is 2.16. The van der Waals surface area contributed by atoms with Crippen molar-refractivity contribution in [2.24, 2.45) is 0 Å². The zero-order valence-electron chi connectivity index (χ0n) is 13.8. The van der Waals surface area contributed by atoms with Gasteiger partial charge in [-0.1, -0.05) is 50.3 Å². The van der Waals surface area contributed by atoms with Crippen molar-refractivity contribution in [2.45, 2.75) is 58.1 Å². The molecular weight excluding hydrogens is 262 g/mol. The lowest BCUT2D eigenvalue weighted by Crippen LogP contribution is -2.45. The molecule has 0 saturated carbocycles. The van der Waals surface area contributed by atoms with Gasteiger partial charge in [-0.3, -0.25) is 0 Å². The Kier molecular flexibility index (Phi) is 5.59. The van der Waals surface area contributed by atoms with Crippen LogP contribution in [0.15, 0.2) is 43.0 Å².